The number of hydrogen-bond acceptors (Lipinski definition) is 22. The van der Waals surface area contributed by atoms with Gasteiger partial charge in [-0.1, -0.05) is 6.42 Å². The number of nitrogens with zero attached hydrogens (tertiary/aromatic N) is 2. The van der Waals surface area contributed by atoms with Crippen molar-refractivity contribution in [1.29, 1.82) is 0 Å². The van der Waals surface area contributed by atoms with Crippen molar-refractivity contribution in [3.05, 3.63) is 24.3 Å². The van der Waals surface area contributed by atoms with E-state index in [-0.39, 0.29) is 87.3 Å². The van der Waals surface area contributed by atoms with Gasteiger partial charge in [0.05, 0.1) is 117 Å². The molecule has 2 aliphatic heterocycles. The van der Waals surface area contributed by atoms with Gasteiger partial charge >= 0.3 is 11.9 Å². The zero-order chi connectivity index (χ0) is 62.4. The molecular formula is C58H98N6O20. The molecule has 0 aromatic heterocycles. The molecule has 26 nitrogen and oxygen atoms in total. The van der Waals surface area contributed by atoms with Gasteiger partial charge in [0.15, 0.2) is 5.78 Å². The van der Waals surface area contributed by atoms with E-state index in [2.05, 4.69) is 10.6 Å². The Morgan fingerprint density at radius 2 is 0.798 bits per heavy atom. The van der Waals surface area contributed by atoms with Gasteiger partial charge in [-0.3, -0.25) is 57.7 Å². The number of ether oxygens (including phenoxy) is 10. The van der Waals surface area contributed by atoms with E-state index in [1.54, 1.807) is 0 Å². The highest BCUT2D eigenvalue weighted by atomic mass is 16.6. The van der Waals surface area contributed by atoms with Crippen molar-refractivity contribution in [3.8, 4) is 0 Å². The standard InChI is InChI=1S/C36H54N4O13.C22H44N2O7/c1-36(2,3)53-35(48)15-20-50-22-24-52-26-25-51-23-21-49-19-6-8-28(41)27(38-30(43)14-18-40-33(46)11-12-34(40)47)7-4-5-16-37-29(42)13-17-39-31(44)9-10-32(39)45;1-22(2,3)31-21(26)9-12-28-14-16-30-18-17-29-15-13-27-11-6-8-20(25)19(24)7-4-5-10-23/h9-12,27H,4-8,13-26H2,1-3H3,(H,37,42)(H,38,43);19H,4-18,23-24H2,1-3H3/t27-;19-/m00/s1. The second kappa shape index (κ2) is 46.8. The number of carbonyl (C=O) groups excluding carboxylic acids is 10. The van der Waals surface area contributed by atoms with Gasteiger partial charge < -0.3 is 69.5 Å². The Labute approximate surface area is 495 Å². The van der Waals surface area contributed by atoms with Crippen LogP contribution in [0.1, 0.15) is 131 Å². The van der Waals surface area contributed by atoms with Crippen molar-refractivity contribution < 1.29 is 95.3 Å². The molecule has 6 N–H and O–H groups in total. The summed E-state index contributed by atoms with van der Waals surface area (Å²) in [5, 5.41) is 5.44. The maximum Gasteiger partial charge on any atom is 0.308 e. The number of unbranched alkanes of at least 4 members (excludes halogenated alkanes) is 2. The van der Waals surface area contributed by atoms with Crippen molar-refractivity contribution in [2.75, 3.05) is 132 Å². The van der Waals surface area contributed by atoms with Gasteiger partial charge in [-0.2, -0.15) is 0 Å². The van der Waals surface area contributed by atoms with Crippen LogP contribution in [-0.2, 0) is 95.3 Å². The molecule has 0 fully saturated rings. The lowest BCUT2D eigenvalue weighted by molar-refractivity contribution is -0.157. The predicted octanol–water partition coefficient (Wildman–Crippen LogP) is 2.13. The fraction of sp³-hybridized carbons (Fsp3) is 0.759. The summed E-state index contributed by atoms with van der Waals surface area (Å²) in [6.07, 6.45) is 10.3. The Kier molecular flexibility index (Phi) is 42.7. The summed E-state index contributed by atoms with van der Waals surface area (Å²) in [5.74, 6) is -3.40. The molecule has 2 rings (SSSR count). The van der Waals surface area contributed by atoms with E-state index < -0.39 is 46.8 Å². The quantitative estimate of drug-likeness (QED) is 0.0385. The number of imide groups is 2. The van der Waals surface area contributed by atoms with Gasteiger partial charge in [0.25, 0.3) is 23.6 Å². The monoisotopic (exact) mass is 1200 g/mol. The zero-order valence-corrected chi connectivity index (χ0v) is 50.7. The smallest absolute Gasteiger partial charge is 0.308 e. The van der Waals surface area contributed by atoms with Gasteiger partial charge in [-0.25, -0.2) is 0 Å². The van der Waals surface area contributed by atoms with Crippen LogP contribution in [0.5, 0.6) is 0 Å². The van der Waals surface area contributed by atoms with E-state index in [4.69, 9.17) is 58.8 Å². The van der Waals surface area contributed by atoms with E-state index in [0.717, 1.165) is 46.9 Å². The molecule has 0 saturated heterocycles. The van der Waals surface area contributed by atoms with Crippen LogP contribution in [0.25, 0.3) is 0 Å². The fourth-order valence-corrected chi connectivity index (χ4v) is 7.45. The number of Topliss-reactive ketones (excluding diaryl/α,β-unsaturated/α-hetero) is 2. The van der Waals surface area contributed by atoms with Crippen molar-refractivity contribution in [1.82, 2.24) is 20.4 Å². The highest BCUT2D eigenvalue weighted by Gasteiger charge is 2.27. The molecule has 0 aliphatic carbocycles. The summed E-state index contributed by atoms with van der Waals surface area (Å²) >= 11 is 0. The van der Waals surface area contributed by atoms with Crippen LogP contribution < -0.4 is 22.1 Å². The number of carbonyl (C=O) groups is 10. The molecule has 0 aromatic rings. The Balaban J connectivity index is 0.000000969. The Hall–Kier alpha value is -5.42. The Morgan fingerprint density at radius 1 is 0.440 bits per heavy atom. The van der Waals surface area contributed by atoms with Crippen molar-refractivity contribution in [2.24, 2.45) is 11.5 Å². The average Bonchev–Trinajstić information content (AvgIpc) is 4.21. The minimum absolute atomic E-state index is 0.0203. The maximum atomic E-state index is 13.1. The first kappa shape index (κ1) is 76.6. The molecule has 6 amide bonds. The van der Waals surface area contributed by atoms with Gasteiger partial charge in [0.1, 0.15) is 17.0 Å². The van der Waals surface area contributed by atoms with Gasteiger partial charge in [0.2, 0.25) is 11.8 Å². The van der Waals surface area contributed by atoms with Crippen LogP contribution in [0.4, 0.5) is 0 Å². The highest BCUT2D eigenvalue weighted by Crippen LogP contribution is 2.12. The first-order valence-electron chi connectivity index (χ1n) is 29.2. The molecule has 0 unspecified atom stereocenters. The third kappa shape index (κ3) is 42.4. The first-order chi connectivity index (χ1) is 40.0. The van der Waals surface area contributed by atoms with Crippen LogP contribution in [0.15, 0.2) is 24.3 Å². The second-order valence-electron chi connectivity index (χ2n) is 21.4. The van der Waals surface area contributed by atoms with E-state index in [9.17, 15) is 47.9 Å². The lowest BCUT2D eigenvalue weighted by atomic mass is 10.0. The molecule has 2 heterocycles. The fourth-order valence-electron chi connectivity index (χ4n) is 7.45. The number of ketones is 2. The van der Waals surface area contributed by atoms with Crippen LogP contribution in [0.2, 0.25) is 0 Å². The first-order valence-corrected chi connectivity index (χ1v) is 29.2. The third-order valence-corrected chi connectivity index (χ3v) is 11.7. The molecule has 0 saturated carbocycles. The average molecular weight is 1200 g/mol. The van der Waals surface area contributed by atoms with E-state index in [1.807, 2.05) is 41.5 Å². The van der Waals surface area contributed by atoms with Crippen LogP contribution >= 0.6 is 0 Å². The minimum Gasteiger partial charge on any atom is -0.460 e. The highest BCUT2D eigenvalue weighted by molar-refractivity contribution is 6.13. The molecule has 2 atom stereocenters. The number of hydrogen-bond donors (Lipinski definition) is 4. The van der Waals surface area contributed by atoms with Crippen molar-refractivity contribution in [2.45, 2.75) is 155 Å². The van der Waals surface area contributed by atoms with E-state index in [1.165, 1.54) is 0 Å². The SMILES string of the molecule is CC(C)(C)OC(=O)CCOCCOCCOCCOCCCC(=O)[C@@H](N)CCCCN.CC(C)(C)OC(=O)CCOCCOCCOCCOCCCC(=O)[C@H](CCCCNC(=O)CCN1C(=O)C=CC1=O)NC(=O)CCN1C(=O)C=CC1=O. The number of nitrogens with two attached hydrogens (primary N) is 2. The number of nitrogens with one attached hydrogen (secondary N) is 2. The molecule has 26 heteroatoms. The van der Waals surface area contributed by atoms with E-state index >= 15 is 0 Å². The molecular weight excluding hydrogens is 1100 g/mol. The number of esters is 2. The molecule has 0 aromatic carbocycles. The minimum atomic E-state index is -0.806. The van der Waals surface area contributed by atoms with E-state index in [0.29, 0.717) is 157 Å². The Morgan fingerprint density at radius 3 is 1.19 bits per heavy atom. The molecule has 2 aliphatic rings. The van der Waals surface area contributed by atoms with Crippen molar-refractivity contribution in [3.63, 3.8) is 0 Å². The molecule has 0 spiro atoms. The van der Waals surface area contributed by atoms with Gasteiger partial charge in [-0.15, -0.1) is 0 Å². The van der Waals surface area contributed by atoms with Gasteiger partial charge in [-0.05, 0) is 93.0 Å². The molecule has 84 heavy (non-hydrogen) atoms. The van der Waals surface area contributed by atoms with Crippen molar-refractivity contribution >= 4 is 58.9 Å². The second-order valence-corrected chi connectivity index (χ2v) is 21.4. The predicted molar refractivity (Wildman–Crippen MR) is 307 cm³/mol. The summed E-state index contributed by atoms with van der Waals surface area (Å²) in [5.41, 5.74) is 10.3. The summed E-state index contributed by atoms with van der Waals surface area (Å²) < 4.78 is 53.8. The summed E-state index contributed by atoms with van der Waals surface area (Å²) in [6, 6.07) is -1.19. The summed E-state index contributed by atoms with van der Waals surface area (Å²) in [6.45, 7) is 18.0. The lowest BCUT2D eigenvalue weighted by Gasteiger charge is -2.19. The number of rotatable bonds is 50. The number of amides is 6. The summed E-state index contributed by atoms with van der Waals surface area (Å²) in [4.78, 5) is 122. The largest absolute Gasteiger partial charge is 0.460 e. The van der Waals surface area contributed by atoms with Crippen LogP contribution in [-0.4, -0.2) is 224 Å². The zero-order valence-electron chi connectivity index (χ0n) is 50.7. The van der Waals surface area contributed by atoms with Crippen LogP contribution in [0, 0.1) is 0 Å². The normalized spacial score (nSPS) is 14.0. The molecule has 480 valence electrons. The summed E-state index contributed by atoms with van der Waals surface area (Å²) in [7, 11) is 0. The maximum absolute atomic E-state index is 13.1. The van der Waals surface area contributed by atoms with Gasteiger partial charge in [0, 0.05) is 82.8 Å². The molecule has 0 bridgehead atoms. The third-order valence-electron chi connectivity index (χ3n) is 11.7. The Bertz CT molecular complexity index is 1990. The topological polar surface area (TPSA) is 346 Å². The van der Waals surface area contributed by atoms with Crippen LogP contribution in [0.3, 0.4) is 0 Å². The lowest BCUT2D eigenvalue weighted by Crippen LogP contribution is -2.42. The molecule has 0 radical (unpaired) electrons.